The fraction of sp³-hybridized carbons (Fsp3) is 0.650. The summed E-state index contributed by atoms with van der Waals surface area (Å²) in [6, 6.07) is 3.86. The Morgan fingerprint density at radius 3 is 2.59 bits per heavy atom. The monoisotopic (exact) mass is 371 g/mol. The zero-order chi connectivity index (χ0) is 19.4. The average molecular weight is 371 g/mol. The second-order valence-electron chi connectivity index (χ2n) is 8.53. The quantitative estimate of drug-likeness (QED) is 0.747. The Balaban J connectivity index is 1.48. The van der Waals surface area contributed by atoms with Crippen LogP contribution in [0.2, 0.25) is 0 Å². The van der Waals surface area contributed by atoms with Crippen molar-refractivity contribution in [1.29, 1.82) is 0 Å². The van der Waals surface area contributed by atoms with Crippen molar-refractivity contribution in [3.8, 4) is 11.4 Å². The number of hydrogen-bond donors (Lipinski definition) is 0. The van der Waals surface area contributed by atoms with Gasteiger partial charge in [-0.05, 0) is 82.6 Å². The molecule has 0 unspecified atom stereocenters. The summed E-state index contributed by atoms with van der Waals surface area (Å²) in [4.78, 5) is 17.9. The van der Waals surface area contributed by atoms with Gasteiger partial charge in [0.2, 0.25) is 5.82 Å². The highest BCUT2D eigenvalue weighted by atomic mass is 16.6. The average Bonchev–Trinajstić information content (AvgIpc) is 3.03. The maximum absolute atomic E-state index is 12.0. The number of aromatic nitrogens is 5. The fourth-order valence-electron chi connectivity index (χ4n) is 3.59. The van der Waals surface area contributed by atoms with Crippen molar-refractivity contribution in [2.24, 2.45) is 11.8 Å². The normalized spacial score (nSPS) is 20.4. The molecule has 27 heavy (non-hydrogen) atoms. The highest BCUT2D eigenvalue weighted by Crippen LogP contribution is 2.32. The molecule has 0 bridgehead atoms. The number of carbonyl (C=O) groups is 1. The largest absolute Gasteiger partial charge is 0.460 e. The van der Waals surface area contributed by atoms with Crippen LogP contribution in [0.3, 0.4) is 0 Å². The number of tetrazole rings is 1. The minimum absolute atomic E-state index is 0.0822. The predicted octanol–water partition coefficient (Wildman–Crippen LogP) is 3.58. The highest BCUT2D eigenvalue weighted by molar-refractivity contribution is 5.70. The van der Waals surface area contributed by atoms with Crippen LogP contribution in [-0.2, 0) is 16.1 Å². The number of ether oxygens (including phenoxy) is 1. The first kappa shape index (κ1) is 19.5. The molecule has 146 valence electrons. The Morgan fingerprint density at radius 1 is 1.22 bits per heavy atom. The molecule has 0 aliphatic heterocycles. The molecule has 0 saturated heterocycles. The third-order valence-electron chi connectivity index (χ3n) is 4.87. The third-order valence-corrected chi connectivity index (χ3v) is 4.87. The van der Waals surface area contributed by atoms with Crippen LogP contribution in [0.1, 0.15) is 58.6 Å². The van der Waals surface area contributed by atoms with Gasteiger partial charge in [0, 0.05) is 23.9 Å². The van der Waals surface area contributed by atoms with Crippen molar-refractivity contribution >= 4 is 5.97 Å². The molecule has 0 N–H and O–H groups in total. The summed E-state index contributed by atoms with van der Waals surface area (Å²) in [5.74, 6) is 1.51. The van der Waals surface area contributed by atoms with Crippen molar-refractivity contribution < 1.29 is 9.53 Å². The lowest BCUT2D eigenvalue weighted by Gasteiger charge is -2.28. The van der Waals surface area contributed by atoms with E-state index in [4.69, 9.17) is 4.74 Å². The number of hydrogen-bond acceptors (Lipinski definition) is 6. The van der Waals surface area contributed by atoms with E-state index in [9.17, 15) is 4.79 Å². The summed E-state index contributed by atoms with van der Waals surface area (Å²) >= 11 is 0. The molecule has 0 atom stereocenters. The SMILES string of the molecule is Cc1cc(-c2nnn(C[C@H]3CC[C@H](CC(=O)OC(C)(C)C)CC3)n2)ccn1. The topological polar surface area (TPSA) is 82.8 Å². The number of rotatable bonds is 5. The van der Waals surface area contributed by atoms with Crippen LogP contribution < -0.4 is 0 Å². The molecule has 0 radical (unpaired) electrons. The molecule has 7 heteroatoms. The van der Waals surface area contributed by atoms with Gasteiger partial charge in [-0.15, -0.1) is 10.2 Å². The van der Waals surface area contributed by atoms with Gasteiger partial charge in [-0.2, -0.15) is 4.80 Å². The van der Waals surface area contributed by atoms with E-state index >= 15 is 0 Å². The zero-order valence-corrected chi connectivity index (χ0v) is 16.7. The van der Waals surface area contributed by atoms with Crippen LogP contribution in [0, 0.1) is 18.8 Å². The zero-order valence-electron chi connectivity index (χ0n) is 16.7. The van der Waals surface area contributed by atoms with Gasteiger partial charge in [-0.25, -0.2) is 0 Å². The molecule has 3 rings (SSSR count). The molecule has 1 saturated carbocycles. The number of pyridine rings is 1. The standard InChI is InChI=1S/C20H29N5O2/c1-14-11-17(9-10-21-14)19-22-24-25(23-19)13-16-7-5-15(6-8-16)12-18(26)27-20(2,3)4/h9-11,15-16H,5-8,12-13H2,1-4H3/t15-,16-. The lowest BCUT2D eigenvalue weighted by Crippen LogP contribution is -2.27. The molecule has 2 heterocycles. The van der Waals surface area contributed by atoms with Gasteiger partial charge in [0.15, 0.2) is 0 Å². The maximum Gasteiger partial charge on any atom is 0.306 e. The third kappa shape index (κ3) is 5.84. The lowest BCUT2D eigenvalue weighted by atomic mass is 9.80. The molecule has 0 aromatic carbocycles. The molecule has 2 aromatic rings. The van der Waals surface area contributed by atoms with E-state index < -0.39 is 5.60 Å². The lowest BCUT2D eigenvalue weighted by molar-refractivity contribution is -0.156. The Hall–Kier alpha value is -2.31. The van der Waals surface area contributed by atoms with Gasteiger partial charge in [-0.3, -0.25) is 9.78 Å². The minimum atomic E-state index is -0.405. The van der Waals surface area contributed by atoms with E-state index in [1.165, 1.54) is 0 Å². The first-order valence-electron chi connectivity index (χ1n) is 9.71. The van der Waals surface area contributed by atoms with Gasteiger partial charge in [0.1, 0.15) is 5.60 Å². The summed E-state index contributed by atoms with van der Waals surface area (Å²) < 4.78 is 5.44. The van der Waals surface area contributed by atoms with Crippen molar-refractivity contribution in [1.82, 2.24) is 25.2 Å². The smallest absolute Gasteiger partial charge is 0.306 e. The van der Waals surface area contributed by atoms with E-state index in [2.05, 4.69) is 20.4 Å². The fourth-order valence-corrected chi connectivity index (χ4v) is 3.59. The second kappa shape index (κ2) is 8.15. The second-order valence-corrected chi connectivity index (χ2v) is 8.53. The molecule has 1 aliphatic rings. The van der Waals surface area contributed by atoms with E-state index in [1.54, 1.807) is 11.0 Å². The van der Waals surface area contributed by atoms with Crippen molar-refractivity contribution in [3.63, 3.8) is 0 Å². The maximum atomic E-state index is 12.0. The Kier molecular flexibility index (Phi) is 5.87. The van der Waals surface area contributed by atoms with Crippen molar-refractivity contribution in [2.45, 2.75) is 71.9 Å². The molecule has 1 aliphatic carbocycles. The summed E-state index contributed by atoms with van der Waals surface area (Å²) in [6.07, 6.45) is 6.55. The van der Waals surface area contributed by atoms with Gasteiger partial charge >= 0.3 is 5.97 Å². The molecule has 0 amide bonds. The summed E-state index contributed by atoms with van der Waals surface area (Å²) in [7, 11) is 0. The highest BCUT2D eigenvalue weighted by Gasteiger charge is 2.26. The van der Waals surface area contributed by atoms with Gasteiger partial charge in [-0.1, -0.05) is 0 Å². The Bertz CT molecular complexity index is 773. The van der Waals surface area contributed by atoms with Crippen molar-refractivity contribution in [3.05, 3.63) is 24.0 Å². The predicted molar refractivity (Wildman–Crippen MR) is 102 cm³/mol. The van der Waals surface area contributed by atoms with Gasteiger partial charge in [0.05, 0.1) is 6.54 Å². The van der Waals surface area contributed by atoms with Gasteiger partial charge < -0.3 is 4.74 Å². The van der Waals surface area contributed by atoms with Crippen LogP contribution in [0.15, 0.2) is 18.3 Å². The molecule has 1 fully saturated rings. The molecule has 7 nitrogen and oxygen atoms in total. The summed E-state index contributed by atoms with van der Waals surface area (Å²) in [5, 5.41) is 12.9. The van der Waals surface area contributed by atoms with Crippen LogP contribution in [-0.4, -0.2) is 36.8 Å². The number of esters is 1. The van der Waals surface area contributed by atoms with Crippen LogP contribution in [0.5, 0.6) is 0 Å². The summed E-state index contributed by atoms with van der Waals surface area (Å²) in [5.41, 5.74) is 1.47. The molecule has 0 spiro atoms. The number of aryl methyl sites for hydroxylation is 1. The molecular formula is C20H29N5O2. The molecular weight excluding hydrogens is 342 g/mol. The number of nitrogens with zero attached hydrogens (tertiary/aromatic N) is 5. The van der Waals surface area contributed by atoms with E-state index in [1.807, 2.05) is 39.8 Å². The Labute approximate surface area is 160 Å². The summed E-state index contributed by atoms with van der Waals surface area (Å²) in [6.45, 7) is 8.46. The number of carbonyl (C=O) groups excluding carboxylic acids is 1. The first-order chi connectivity index (χ1) is 12.8. The van der Waals surface area contributed by atoms with Crippen LogP contribution in [0.4, 0.5) is 0 Å². The minimum Gasteiger partial charge on any atom is -0.460 e. The Morgan fingerprint density at radius 2 is 1.93 bits per heavy atom. The van der Waals surface area contributed by atoms with E-state index in [0.717, 1.165) is 43.5 Å². The van der Waals surface area contributed by atoms with Crippen LogP contribution >= 0.6 is 0 Å². The van der Waals surface area contributed by atoms with E-state index in [0.29, 0.717) is 24.1 Å². The van der Waals surface area contributed by atoms with Gasteiger partial charge in [0.25, 0.3) is 0 Å². The molecule has 2 aromatic heterocycles. The van der Waals surface area contributed by atoms with Crippen LogP contribution in [0.25, 0.3) is 11.4 Å². The van der Waals surface area contributed by atoms with E-state index in [-0.39, 0.29) is 5.97 Å². The van der Waals surface area contributed by atoms with Crippen molar-refractivity contribution in [2.75, 3.05) is 0 Å². The first-order valence-corrected chi connectivity index (χ1v) is 9.71.